The summed E-state index contributed by atoms with van der Waals surface area (Å²) in [5, 5.41) is 11.3. The third-order valence-electron chi connectivity index (χ3n) is 5.20. The van der Waals surface area contributed by atoms with Gasteiger partial charge >= 0.3 is 5.97 Å². The highest BCUT2D eigenvalue weighted by molar-refractivity contribution is 5.97. The standard InChI is InChI=1S/C22H23FN2O4/c23-19-13-17(22(28)29)6-7-18(19)21(27)24-14-20(26)25-10-8-16(9-11-25)12-15-4-2-1-3-5-15/h1-7,13,16H,8-12,14H2,(H,24,27)(H,28,29). The van der Waals surface area contributed by atoms with Crippen molar-refractivity contribution in [2.24, 2.45) is 5.92 Å². The van der Waals surface area contributed by atoms with Crippen LogP contribution in [0.4, 0.5) is 4.39 Å². The third kappa shape index (κ3) is 5.40. The van der Waals surface area contributed by atoms with E-state index in [2.05, 4.69) is 17.4 Å². The largest absolute Gasteiger partial charge is 0.478 e. The maximum Gasteiger partial charge on any atom is 0.335 e. The molecule has 2 amide bonds. The van der Waals surface area contributed by atoms with Gasteiger partial charge in [0, 0.05) is 13.1 Å². The van der Waals surface area contributed by atoms with Gasteiger partial charge in [-0.15, -0.1) is 0 Å². The molecule has 6 nitrogen and oxygen atoms in total. The second kappa shape index (κ2) is 9.32. The molecule has 0 saturated carbocycles. The summed E-state index contributed by atoms with van der Waals surface area (Å²) in [5.41, 5.74) is 0.762. The lowest BCUT2D eigenvalue weighted by Gasteiger charge is -2.32. The van der Waals surface area contributed by atoms with Crippen molar-refractivity contribution in [2.45, 2.75) is 19.3 Å². The van der Waals surface area contributed by atoms with Crippen LogP contribution in [0.5, 0.6) is 0 Å². The summed E-state index contributed by atoms with van der Waals surface area (Å²) in [4.78, 5) is 37.0. The van der Waals surface area contributed by atoms with Crippen LogP contribution in [0.2, 0.25) is 0 Å². The average molecular weight is 398 g/mol. The van der Waals surface area contributed by atoms with Crippen molar-refractivity contribution in [2.75, 3.05) is 19.6 Å². The SMILES string of the molecule is O=C(O)c1ccc(C(=O)NCC(=O)N2CCC(Cc3ccccc3)CC2)c(F)c1. The maximum atomic E-state index is 13.9. The summed E-state index contributed by atoms with van der Waals surface area (Å²) >= 11 is 0. The number of hydrogen-bond donors (Lipinski definition) is 2. The minimum absolute atomic E-state index is 0.209. The number of likely N-dealkylation sites (tertiary alicyclic amines) is 1. The first-order chi connectivity index (χ1) is 13.9. The highest BCUT2D eigenvalue weighted by Crippen LogP contribution is 2.21. The Hall–Kier alpha value is -3.22. The van der Waals surface area contributed by atoms with E-state index in [-0.39, 0.29) is 23.6 Å². The second-order valence-electron chi connectivity index (χ2n) is 7.20. The summed E-state index contributed by atoms with van der Waals surface area (Å²) < 4.78 is 13.9. The Morgan fingerprint density at radius 2 is 1.76 bits per heavy atom. The Morgan fingerprint density at radius 1 is 1.07 bits per heavy atom. The Bertz CT molecular complexity index is 893. The van der Waals surface area contributed by atoms with Crippen LogP contribution in [-0.4, -0.2) is 47.4 Å². The van der Waals surface area contributed by atoms with E-state index in [1.54, 1.807) is 4.90 Å². The number of halogens is 1. The smallest absolute Gasteiger partial charge is 0.335 e. The predicted octanol–water partition coefficient (Wildman–Crippen LogP) is 2.74. The molecule has 1 heterocycles. The molecule has 1 aliphatic heterocycles. The average Bonchev–Trinajstić information content (AvgIpc) is 2.73. The molecule has 0 radical (unpaired) electrons. The molecule has 0 aliphatic carbocycles. The van der Waals surface area contributed by atoms with Crippen LogP contribution in [-0.2, 0) is 11.2 Å². The molecule has 1 saturated heterocycles. The number of hydrogen-bond acceptors (Lipinski definition) is 3. The highest BCUT2D eigenvalue weighted by Gasteiger charge is 2.23. The molecule has 152 valence electrons. The van der Waals surface area contributed by atoms with Gasteiger partial charge in [-0.1, -0.05) is 30.3 Å². The highest BCUT2D eigenvalue weighted by atomic mass is 19.1. The molecule has 29 heavy (non-hydrogen) atoms. The fourth-order valence-corrected chi connectivity index (χ4v) is 3.53. The number of amides is 2. The summed E-state index contributed by atoms with van der Waals surface area (Å²) in [6.07, 6.45) is 2.80. The lowest BCUT2D eigenvalue weighted by Crippen LogP contribution is -2.44. The van der Waals surface area contributed by atoms with Crippen LogP contribution >= 0.6 is 0 Å². The van der Waals surface area contributed by atoms with E-state index < -0.39 is 17.7 Å². The van der Waals surface area contributed by atoms with Crippen molar-refractivity contribution in [3.8, 4) is 0 Å². The molecule has 7 heteroatoms. The number of carbonyl (C=O) groups is 3. The number of aromatic carboxylic acids is 1. The summed E-state index contributed by atoms with van der Waals surface area (Å²) in [5.74, 6) is -2.64. The molecule has 0 aromatic heterocycles. The molecule has 0 bridgehead atoms. The van der Waals surface area contributed by atoms with Crippen molar-refractivity contribution < 1.29 is 23.9 Å². The number of benzene rings is 2. The number of nitrogens with one attached hydrogen (secondary N) is 1. The fraction of sp³-hybridized carbons (Fsp3) is 0.318. The van der Waals surface area contributed by atoms with E-state index in [4.69, 9.17) is 5.11 Å². The summed E-state index contributed by atoms with van der Waals surface area (Å²) in [6, 6.07) is 13.3. The van der Waals surface area contributed by atoms with Crippen molar-refractivity contribution >= 4 is 17.8 Å². The normalized spacial score (nSPS) is 14.4. The number of rotatable bonds is 6. The van der Waals surface area contributed by atoms with Gasteiger partial charge in [0.1, 0.15) is 5.82 Å². The molecule has 2 aromatic rings. The van der Waals surface area contributed by atoms with Crippen LogP contribution in [0.1, 0.15) is 39.1 Å². The van der Waals surface area contributed by atoms with Gasteiger partial charge in [-0.05, 0) is 48.9 Å². The molecule has 0 spiro atoms. The maximum absolute atomic E-state index is 13.9. The Kier molecular flexibility index (Phi) is 6.59. The van der Waals surface area contributed by atoms with Crippen molar-refractivity contribution in [3.63, 3.8) is 0 Å². The molecule has 2 aromatic carbocycles. The minimum atomic E-state index is -1.28. The van der Waals surface area contributed by atoms with Crippen LogP contribution < -0.4 is 5.32 Å². The summed E-state index contributed by atoms with van der Waals surface area (Å²) in [6.45, 7) is 1.05. The monoisotopic (exact) mass is 398 g/mol. The number of carboxylic acid groups (broad SMARTS) is 1. The van der Waals surface area contributed by atoms with E-state index in [1.165, 1.54) is 5.56 Å². The molecule has 3 rings (SSSR count). The van der Waals surface area contributed by atoms with Crippen LogP contribution in [0.15, 0.2) is 48.5 Å². The van der Waals surface area contributed by atoms with Crippen molar-refractivity contribution in [1.29, 1.82) is 0 Å². The second-order valence-corrected chi connectivity index (χ2v) is 7.20. The molecule has 0 atom stereocenters. The number of nitrogens with zero attached hydrogens (tertiary/aromatic N) is 1. The molecule has 0 unspecified atom stereocenters. The van der Waals surface area contributed by atoms with Gasteiger partial charge in [0.2, 0.25) is 5.91 Å². The first-order valence-electron chi connectivity index (χ1n) is 9.57. The van der Waals surface area contributed by atoms with E-state index in [9.17, 15) is 18.8 Å². The van der Waals surface area contributed by atoms with Gasteiger partial charge in [-0.25, -0.2) is 9.18 Å². The van der Waals surface area contributed by atoms with E-state index in [0.29, 0.717) is 19.0 Å². The van der Waals surface area contributed by atoms with Gasteiger partial charge < -0.3 is 15.3 Å². The van der Waals surface area contributed by atoms with Crippen LogP contribution in [0.3, 0.4) is 0 Å². The zero-order valence-corrected chi connectivity index (χ0v) is 15.9. The molecule has 1 fully saturated rings. The fourth-order valence-electron chi connectivity index (χ4n) is 3.53. The molecule has 1 aliphatic rings. The molecular formula is C22H23FN2O4. The Labute approximate surface area is 168 Å². The molecule has 2 N–H and O–H groups in total. The number of carbonyl (C=O) groups excluding carboxylic acids is 2. The Morgan fingerprint density at radius 3 is 2.38 bits per heavy atom. The predicted molar refractivity (Wildman–Crippen MR) is 105 cm³/mol. The zero-order chi connectivity index (χ0) is 20.8. The van der Waals surface area contributed by atoms with Gasteiger partial charge in [-0.3, -0.25) is 9.59 Å². The topological polar surface area (TPSA) is 86.7 Å². The third-order valence-corrected chi connectivity index (χ3v) is 5.20. The minimum Gasteiger partial charge on any atom is -0.478 e. The van der Waals surface area contributed by atoms with Gasteiger partial charge in [-0.2, -0.15) is 0 Å². The van der Waals surface area contributed by atoms with Gasteiger partial charge in [0.15, 0.2) is 0 Å². The lowest BCUT2D eigenvalue weighted by molar-refractivity contribution is -0.131. The quantitative estimate of drug-likeness (QED) is 0.783. The van der Waals surface area contributed by atoms with Gasteiger partial charge in [0.05, 0.1) is 17.7 Å². The number of carboxylic acids is 1. The van der Waals surface area contributed by atoms with E-state index in [0.717, 1.165) is 37.5 Å². The summed E-state index contributed by atoms with van der Waals surface area (Å²) in [7, 11) is 0. The first kappa shape index (κ1) is 20.5. The first-order valence-corrected chi connectivity index (χ1v) is 9.57. The lowest BCUT2D eigenvalue weighted by atomic mass is 9.90. The zero-order valence-electron chi connectivity index (χ0n) is 15.9. The van der Waals surface area contributed by atoms with E-state index in [1.807, 2.05) is 18.2 Å². The van der Waals surface area contributed by atoms with Crippen LogP contribution in [0, 0.1) is 11.7 Å². The number of piperidine rings is 1. The van der Waals surface area contributed by atoms with Gasteiger partial charge in [0.25, 0.3) is 5.91 Å². The Balaban J connectivity index is 1.46. The van der Waals surface area contributed by atoms with Crippen molar-refractivity contribution in [3.05, 3.63) is 71.0 Å². The molecular weight excluding hydrogens is 375 g/mol. The van der Waals surface area contributed by atoms with Crippen LogP contribution in [0.25, 0.3) is 0 Å². The van der Waals surface area contributed by atoms with E-state index >= 15 is 0 Å². The van der Waals surface area contributed by atoms with Crippen molar-refractivity contribution in [1.82, 2.24) is 10.2 Å².